The molecule has 2 N–H and O–H groups in total. The summed E-state index contributed by atoms with van der Waals surface area (Å²) in [5, 5.41) is 12.5. The second-order valence-electron chi connectivity index (χ2n) is 4.79. The maximum absolute atomic E-state index is 11.4. The number of esters is 1. The first-order chi connectivity index (χ1) is 8.27. The van der Waals surface area contributed by atoms with Crippen molar-refractivity contribution in [1.82, 2.24) is 5.32 Å². The highest BCUT2D eigenvalue weighted by atomic mass is 16.5. The molecule has 2 atom stereocenters. The summed E-state index contributed by atoms with van der Waals surface area (Å²) in [4.78, 5) is 11.4. The second-order valence-corrected chi connectivity index (χ2v) is 4.79. The van der Waals surface area contributed by atoms with Crippen molar-refractivity contribution in [2.24, 2.45) is 5.92 Å². The summed E-state index contributed by atoms with van der Waals surface area (Å²) >= 11 is 0. The minimum Gasteiger partial charge on any atom is -0.465 e. The lowest BCUT2D eigenvalue weighted by molar-refractivity contribution is -0.142. The number of carbonyl (C=O) groups is 1. The van der Waals surface area contributed by atoms with Gasteiger partial charge in [0.1, 0.15) is 0 Å². The van der Waals surface area contributed by atoms with E-state index in [0.717, 1.165) is 25.7 Å². The third kappa shape index (κ3) is 5.50. The summed E-state index contributed by atoms with van der Waals surface area (Å²) < 4.78 is 5.08. The zero-order valence-electron chi connectivity index (χ0n) is 10.8. The van der Waals surface area contributed by atoms with E-state index < -0.39 is 0 Å². The molecule has 0 aromatic carbocycles. The topological polar surface area (TPSA) is 58.6 Å². The number of hydrogen-bond acceptors (Lipinski definition) is 4. The van der Waals surface area contributed by atoms with Crippen molar-refractivity contribution >= 4 is 5.97 Å². The Morgan fingerprint density at radius 1 is 1.41 bits per heavy atom. The van der Waals surface area contributed by atoms with Gasteiger partial charge in [-0.3, -0.25) is 4.79 Å². The van der Waals surface area contributed by atoms with Gasteiger partial charge in [-0.25, -0.2) is 0 Å². The summed E-state index contributed by atoms with van der Waals surface area (Å²) in [6.07, 6.45) is 6.43. The lowest BCUT2D eigenvalue weighted by Crippen LogP contribution is -2.42. The summed E-state index contributed by atoms with van der Waals surface area (Å²) in [6, 6.07) is 0.271. The van der Waals surface area contributed by atoms with E-state index in [1.54, 1.807) is 0 Å². The van der Waals surface area contributed by atoms with Crippen LogP contribution in [-0.4, -0.2) is 36.9 Å². The molecule has 2 unspecified atom stereocenters. The summed E-state index contributed by atoms with van der Waals surface area (Å²) in [6.45, 7) is 3.07. The van der Waals surface area contributed by atoms with Gasteiger partial charge in [-0.2, -0.15) is 0 Å². The SMILES string of the molecule is CCCCOC(=O)CNC1CCCCC1CO. The van der Waals surface area contributed by atoms with Crippen LogP contribution in [0.4, 0.5) is 0 Å². The highest BCUT2D eigenvalue weighted by molar-refractivity contribution is 5.71. The number of carbonyl (C=O) groups excluding carboxylic acids is 1. The fourth-order valence-electron chi connectivity index (χ4n) is 2.29. The zero-order chi connectivity index (χ0) is 12.5. The molecule has 100 valence electrons. The zero-order valence-corrected chi connectivity index (χ0v) is 10.8. The molecule has 1 aliphatic rings. The monoisotopic (exact) mass is 243 g/mol. The van der Waals surface area contributed by atoms with Crippen LogP contribution in [0.25, 0.3) is 0 Å². The first-order valence-corrected chi connectivity index (χ1v) is 6.77. The predicted octanol–water partition coefficient (Wildman–Crippen LogP) is 1.47. The Labute approximate surface area is 104 Å². The molecule has 0 heterocycles. The van der Waals surface area contributed by atoms with Crippen molar-refractivity contribution in [2.45, 2.75) is 51.5 Å². The van der Waals surface area contributed by atoms with Crippen LogP contribution in [0.3, 0.4) is 0 Å². The number of hydrogen-bond donors (Lipinski definition) is 2. The molecule has 4 heteroatoms. The van der Waals surface area contributed by atoms with Crippen LogP contribution in [0, 0.1) is 5.92 Å². The highest BCUT2D eigenvalue weighted by Crippen LogP contribution is 2.23. The standard InChI is InChI=1S/C13H25NO3/c1-2-3-8-17-13(16)9-14-12-7-5-4-6-11(12)10-15/h11-12,14-15H,2-10H2,1H3. The largest absolute Gasteiger partial charge is 0.465 e. The normalized spacial score (nSPS) is 24.6. The van der Waals surface area contributed by atoms with Gasteiger partial charge in [0.25, 0.3) is 0 Å². The summed E-state index contributed by atoms with van der Waals surface area (Å²) in [5.41, 5.74) is 0. The average Bonchev–Trinajstić information content (AvgIpc) is 2.37. The fourth-order valence-corrected chi connectivity index (χ4v) is 2.29. The van der Waals surface area contributed by atoms with E-state index in [-0.39, 0.29) is 25.2 Å². The number of ether oxygens (including phenoxy) is 1. The van der Waals surface area contributed by atoms with Crippen molar-refractivity contribution < 1.29 is 14.6 Å². The van der Waals surface area contributed by atoms with Gasteiger partial charge in [-0.1, -0.05) is 26.2 Å². The number of aliphatic hydroxyl groups excluding tert-OH is 1. The van der Waals surface area contributed by atoms with Crippen LogP contribution in [-0.2, 0) is 9.53 Å². The molecule has 1 aliphatic carbocycles. The van der Waals surface area contributed by atoms with Crippen molar-refractivity contribution in [1.29, 1.82) is 0 Å². The van der Waals surface area contributed by atoms with E-state index in [9.17, 15) is 9.90 Å². The molecule has 0 aromatic rings. The van der Waals surface area contributed by atoms with Gasteiger partial charge in [0.15, 0.2) is 0 Å². The Kier molecular flexibility index (Phi) is 7.21. The fraction of sp³-hybridized carbons (Fsp3) is 0.923. The van der Waals surface area contributed by atoms with Gasteiger partial charge in [0.2, 0.25) is 0 Å². The molecule has 4 nitrogen and oxygen atoms in total. The van der Waals surface area contributed by atoms with Crippen LogP contribution in [0.2, 0.25) is 0 Å². The molecule has 0 aliphatic heterocycles. The number of unbranched alkanes of at least 4 members (excludes halogenated alkanes) is 1. The maximum Gasteiger partial charge on any atom is 0.319 e. The maximum atomic E-state index is 11.4. The molecule has 0 spiro atoms. The smallest absolute Gasteiger partial charge is 0.319 e. The third-order valence-electron chi connectivity index (χ3n) is 3.41. The molecular weight excluding hydrogens is 218 g/mol. The molecule has 1 fully saturated rings. The molecule has 0 radical (unpaired) electrons. The average molecular weight is 243 g/mol. The van der Waals surface area contributed by atoms with Gasteiger partial charge >= 0.3 is 5.97 Å². The lowest BCUT2D eigenvalue weighted by atomic mass is 9.85. The lowest BCUT2D eigenvalue weighted by Gasteiger charge is -2.30. The van der Waals surface area contributed by atoms with Gasteiger partial charge < -0.3 is 15.2 Å². The predicted molar refractivity (Wildman–Crippen MR) is 66.7 cm³/mol. The highest BCUT2D eigenvalue weighted by Gasteiger charge is 2.24. The Bertz CT molecular complexity index is 221. The molecule has 0 aromatic heterocycles. The molecule has 1 rings (SSSR count). The minimum absolute atomic E-state index is 0.180. The van der Waals surface area contributed by atoms with Crippen molar-refractivity contribution in [2.75, 3.05) is 19.8 Å². The molecular formula is C13H25NO3. The van der Waals surface area contributed by atoms with Crippen LogP contribution in [0.15, 0.2) is 0 Å². The minimum atomic E-state index is -0.180. The second kappa shape index (κ2) is 8.48. The van der Waals surface area contributed by atoms with Crippen LogP contribution in [0.1, 0.15) is 45.4 Å². The first-order valence-electron chi connectivity index (χ1n) is 6.77. The van der Waals surface area contributed by atoms with Crippen molar-refractivity contribution in [3.05, 3.63) is 0 Å². The molecule has 0 bridgehead atoms. The Morgan fingerprint density at radius 3 is 2.88 bits per heavy atom. The van der Waals surface area contributed by atoms with Crippen molar-refractivity contribution in [3.8, 4) is 0 Å². The molecule has 1 saturated carbocycles. The van der Waals surface area contributed by atoms with E-state index >= 15 is 0 Å². The van der Waals surface area contributed by atoms with Gasteiger partial charge in [0.05, 0.1) is 13.2 Å². The number of nitrogens with one attached hydrogen (secondary N) is 1. The van der Waals surface area contributed by atoms with Crippen LogP contribution < -0.4 is 5.32 Å². The Hall–Kier alpha value is -0.610. The van der Waals surface area contributed by atoms with E-state index in [0.29, 0.717) is 12.5 Å². The van der Waals surface area contributed by atoms with Gasteiger partial charge in [-0.15, -0.1) is 0 Å². The summed E-state index contributed by atoms with van der Waals surface area (Å²) in [7, 11) is 0. The summed E-state index contributed by atoms with van der Waals surface area (Å²) in [5.74, 6) is 0.118. The van der Waals surface area contributed by atoms with E-state index in [1.807, 2.05) is 0 Å². The third-order valence-corrected chi connectivity index (χ3v) is 3.41. The van der Waals surface area contributed by atoms with Crippen LogP contribution in [0.5, 0.6) is 0 Å². The van der Waals surface area contributed by atoms with E-state index in [2.05, 4.69) is 12.2 Å². The Balaban J connectivity index is 2.17. The van der Waals surface area contributed by atoms with E-state index in [1.165, 1.54) is 12.8 Å². The van der Waals surface area contributed by atoms with Crippen LogP contribution >= 0.6 is 0 Å². The number of aliphatic hydroxyl groups is 1. The molecule has 0 amide bonds. The number of rotatable bonds is 7. The molecule has 0 saturated heterocycles. The van der Waals surface area contributed by atoms with Gasteiger partial charge in [-0.05, 0) is 25.2 Å². The first kappa shape index (κ1) is 14.5. The Morgan fingerprint density at radius 2 is 2.18 bits per heavy atom. The quantitative estimate of drug-likeness (QED) is 0.525. The molecule has 17 heavy (non-hydrogen) atoms. The van der Waals surface area contributed by atoms with Crippen molar-refractivity contribution in [3.63, 3.8) is 0 Å². The van der Waals surface area contributed by atoms with Gasteiger partial charge in [0, 0.05) is 12.6 Å². The van der Waals surface area contributed by atoms with E-state index in [4.69, 9.17) is 4.74 Å².